The first kappa shape index (κ1) is 22.3. The molecular weight excluding hydrogens is 403 g/mol. The third-order valence-corrected chi connectivity index (χ3v) is 4.12. The topological polar surface area (TPSA) is 68.3 Å². The SMILES string of the molecule is Cl.NCc1cc(C(=O)Nc2cc(C(F)(F)F)ccc2SCC(F)F)co1. The van der Waals surface area contributed by atoms with Gasteiger partial charge in [0.25, 0.3) is 5.91 Å². The predicted octanol–water partition coefficient (Wildman–Crippen LogP) is 4.79. The average molecular weight is 417 g/mol. The minimum Gasteiger partial charge on any atom is -0.467 e. The Kier molecular flexibility index (Phi) is 7.91. The Morgan fingerprint density at radius 2 is 1.96 bits per heavy atom. The van der Waals surface area contributed by atoms with Gasteiger partial charge >= 0.3 is 6.18 Å². The molecule has 0 spiro atoms. The number of alkyl halides is 5. The predicted molar refractivity (Wildman–Crippen MR) is 90.0 cm³/mol. The number of carbonyl (C=O) groups is 1. The monoisotopic (exact) mass is 416 g/mol. The average Bonchev–Trinajstić information content (AvgIpc) is 3.01. The van der Waals surface area contributed by atoms with E-state index in [-0.39, 0.29) is 35.1 Å². The van der Waals surface area contributed by atoms with Crippen LogP contribution in [-0.4, -0.2) is 18.1 Å². The summed E-state index contributed by atoms with van der Waals surface area (Å²) in [6.45, 7) is 0.0479. The van der Waals surface area contributed by atoms with E-state index in [9.17, 15) is 26.7 Å². The molecule has 0 aliphatic heterocycles. The van der Waals surface area contributed by atoms with Gasteiger partial charge in [0.2, 0.25) is 6.43 Å². The Balaban J connectivity index is 0.00000338. The number of furan rings is 1. The van der Waals surface area contributed by atoms with Crippen molar-refractivity contribution in [2.24, 2.45) is 5.73 Å². The van der Waals surface area contributed by atoms with E-state index in [4.69, 9.17) is 10.2 Å². The molecule has 2 aromatic rings. The Hall–Kier alpha value is -1.78. The molecule has 11 heteroatoms. The smallest absolute Gasteiger partial charge is 0.416 e. The van der Waals surface area contributed by atoms with Gasteiger partial charge in [0.1, 0.15) is 12.0 Å². The second kappa shape index (κ2) is 9.24. The van der Waals surface area contributed by atoms with Crippen LogP contribution in [0.4, 0.5) is 27.6 Å². The molecule has 144 valence electrons. The molecule has 0 atom stereocenters. The maximum Gasteiger partial charge on any atom is 0.416 e. The Morgan fingerprint density at radius 3 is 2.50 bits per heavy atom. The lowest BCUT2D eigenvalue weighted by molar-refractivity contribution is -0.137. The summed E-state index contributed by atoms with van der Waals surface area (Å²) in [5, 5.41) is 2.29. The van der Waals surface area contributed by atoms with Crippen LogP contribution in [0.15, 0.2) is 39.8 Å². The second-order valence-corrected chi connectivity index (χ2v) is 5.93. The fourth-order valence-corrected chi connectivity index (χ4v) is 2.62. The molecule has 3 N–H and O–H groups in total. The number of nitrogens with two attached hydrogens (primary N) is 1. The van der Waals surface area contributed by atoms with Crippen molar-refractivity contribution in [2.45, 2.75) is 24.0 Å². The Bertz CT molecular complexity index is 752. The van der Waals surface area contributed by atoms with Crippen LogP contribution in [0.5, 0.6) is 0 Å². The van der Waals surface area contributed by atoms with E-state index < -0.39 is 29.8 Å². The Morgan fingerprint density at radius 1 is 1.27 bits per heavy atom. The molecular formula is C15H14ClF5N2O2S. The molecule has 0 saturated carbocycles. The highest BCUT2D eigenvalue weighted by Crippen LogP contribution is 2.36. The first-order valence-corrected chi connectivity index (χ1v) is 7.90. The van der Waals surface area contributed by atoms with Crippen LogP contribution < -0.4 is 11.1 Å². The number of carbonyl (C=O) groups excluding carboxylic acids is 1. The highest BCUT2D eigenvalue weighted by atomic mass is 35.5. The summed E-state index contributed by atoms with van der Waals surface area (Å²) in [5.41, 5.74) is 4.20. The van der Waals surface area contributed by atoms with E-state index >= 15 is 0 Å². The van der Waals surface area contributed by atoms with Crippen LogP contribution in [0.25, 0.3) is 0 Å². The molecule has 1 aromatic heterocycles. The van der Waals surface area contributed by atoms with Crippen LogP contribution in [0.2, 0.25) is 0 Å². The normalized spacial score (nSPS) is 11.3. The van der Waals surface area contributed by atoms with Crippen LogP contribution in [0.3, 0.4) is 0 Å². The van der Waals surface area contributed by atoms with E-state index in [1.54, 1.807) is 0 Å². The van der Waals surface area contributed by atoms with Crippen LogP contribution in [-0.2, 0) is 12.7 Å². The maximum atomic E-state index is 12.9. The number of hydrogen-bond donors (Lipinski definition) is 2. The molecule has 0 fully saturated rings. The summed E-state index contributed by atoms with van der Waals surface area (Å²) in [7, 11) is 0. The summed E-state index contributed by atoms with van der Waals surface area (Å²) in [5.74, 6) is -1.03. The Labute approximate surface area is 155 Å². The van der Waals surface area contributed by atoms with Crippen LogP contribution >= 0.6 is 24.2 Å². The van der Waals surface area contributed by atoms with E-state index in [0.29, 0.717) is 23.6 Å². The van der Waals surface area contributed by atoms with Crippen molar-refractivity contribution in [3.63, 3.8) is 0 Å². The fourth-order valence-electron chi connectivity index (χ4n) is 1.88. The van der Waals surface area contributed by atoms with Crippen molar-refractivity contribution in [3.05, 3.63) is 47.4 Å². The van der Waals surface area contributed by atoms with E-state index in [0.717, 1.165) is 18.4 Å². The third kappa shape index (κ3) is 5.89. The van der Waals surface area contributed by atoms with Gasteiger partial charge in [-0.25, -0.2) is 8.78 Å². The van der Waals surface area contributed by atoms with Crippen molar-refractivity contribution in [1.82, 2.24) is 0 Å². The van der Waals surface area contributed by atoms with Crippen molar-refractivity contribution < 1.29 is 31.2 Å². The van der Waals surface area contributed by atoms with E-state index in [1.165, 1.54) is 6.07 Å². The van der Waals surface area contributed by atoms with Gasteiger partial charge in [0.15, 0.2) is 0 Å². The number of nitrogens with one attached hydrogen (secondary N) is 1. The standard InChI is InChI=1S/C15H13F5N2O2S.ClH/c16-13(17)7-25-12-2-1-9(15(18,19)20)4-11(12)22-14(23)8-3-10(5-21)24-6-8;/h1-4,6,13H,5,7,21H2,(H,22,23);1H. The molecule has 26 heavy (non-hydrogen) atoms. The molecule has 0 bridgehead atoms. The molecule has 0 radical (unpaired) electrons. The summed E-state index contributed by atoms with van der Waals surface area (Å²) in [4.78, 5) is 12.2. The summed E-state index contributed by atoms with van der Waals surface area (Å²) in [6.07, 6.45) is -6.16. The van der Waals surface area contributed by atoms with Crippen LogP contribution in [0.1, 0.15) is 21.7 Å². The number of halogens is 6. The molecule has 0 aliphatic rings. The van der Waals surface area contributed by atoms with Crippen molar-refractivity contribution in [2.75, 3.05) is 11.1 Å². The quantitative estimate of drug-likeness (QED) is 0.525. The minimum absolute atomic E-state index is 0. The maximum absolute atomic E-state index is 12.9. The number of amides is 1. The van der Waals surface area contributed by atoms with Gasteiger partial charge in [0, 0.05) is 4.90 Å². The second-order valence-electron chi connectivity index (χ2n) is 4.87. The molecule has 2 rings (SSSR count). The first-order valence-electron chi connectivity index (χ1n) is 6.91. The van der Waals surface area contributed by atoms with Crippen molar-refractivity contribution >= 4 is 35.8 Å². The first-order chi connectivity index (χ1) is 11.7. The van der Waals surface area contributed by atoms with Gasteiger partial charge in [-0.05, 0) is 24.3 Å². The minimum atomic E-state index is -4.63. The number of rotatable bonds is 6. The third-order valence-electron chi connectivity index (χ3n) is 3.04. The van der Waals surface area contributed by atoms with Gasteiger partial charge in [-0.2, -0.15) is 13.2 Å². The largest absolute Gasteiger partial charge is 0.467 e. The van der Waals surface area contributed by atoms with Crippen molar-refractivity contribution in [1.29, 1.82) is 0 Å². The number of thioether (sulfide) groups is 1. The zero-order chi connectivity index (χ0) is 18.6. The molecule has 0 aliphatic carbocycles. The zero-order valence-corrected chi connectivity index (χ0v) is 14.6. The lowest BCUT2D eigenvalue weighted by atomic mass is 10.2. The summed E-state index contributed by atoms with van der Waals surface area (Å²) >= 11 is 0.646. The van der Waals surface area contributed by atoms with Crippen molar-refractivity contribution in [3.8, 4) is 0 Å². The van der Waals surface area contributed by atoms with Gasteiger partial charge in [-0.1, -0.05) is 0 Å². The van der Waals surface area contributed by atoms with Gasteiger partial charge < -0.3 is 15.5 Å². The highest BCUT2D eigenvalue weighted by molar-refractivity contribution is 7.99. The molecule has 1 aromatic carbocycles. The van der Waals surface area contributed by atoms with E-state index in [2.05, 4.69) is 5.32 Å². The van der Waals surface area contributed by atoms with Gasteiger partial charge in [-0.3, -0.25) is 4.79 Å². The van der Waals surface area contributed by atoms with Gasteiger partial charge in [-0.15, -0.1) is 24.2 Å². The highest BCUT2D eigenvalue weighted by Gasteiger charge is 2.31. The number of benzene rings is 1. The molecule has 0 unspecified atom stereocenters. The summed E-state index contributed by atoms with van der Waals surface area (Å²) in [6, 6.07) is 3.87. The summed E-state index contributed by atoms with van der Waals surface area (Å²) < 4.78 is 68.3. The number of anilines is 1. The molecule has 1 heterocycles. The van der Waals surface area contributed by atoms with Gasteiger partial charge in [0.05, 0.1) is 29.1 Å². The molecule has 1 amide bonds. The van der Waals surface area contributed by atoms with E-state index in [1.807, 2.05) is 0 Å². The zero-order valence-electron chi connectivity index (χ0n) is 13.0. The van der Waals surface area contributed by atoms with Crippen LogP contribution in [0, 0.1) is 0 Å². The lowest BCUT2D eigenvalue weighted by Crippen LogP contribution is -2.13. The lowest BCUT2D eigenvalue weighted by Gasteiger charge is -2.14. The number of hydrogen-bond acceptors (Lipinski definition) is 4. The fraction of sp³-hybridized carbons (Fsp3) is 0.267. The molecule has 0 saturated heterocycles. The molecule has 4 nitrogen and oxygen atoms in total.